The number of imidazole rings is 1. The molecule has 0 aliphatic carbocycles. The first-order valence-corrected chi connectivity index (χ1v) is 8.33. The van der Waals surface area contributed by atoms with Crippen molar-refractivity contribution in [1.82, 2.24) is 9.97 Å². The summed E-state index contributed by atoms with van der Waals surface area (Å²) in [6, 6.07) is 11.8. The van der Waals surface area contributed by atoms with Crippen molar-refractivity contribution in [1.29, 1.82) is 5.26 Å². The number of ether oxygens (including phenoxy) is 3. The van der Waals surface area contributed by atoms with Crippen molar-refractivity contribution < 1.29 is 14.2 Å². The number of nitriles is 1. The maximum absolute atomic E-state index is 9.66. The Kier molecular flexibility index (Phi) is 3.98. The van der Waals surface area contributed by atoms with Crippen molar-refractivity contribution >= 4 is 22.7 Å². The van der Waals surface area contributed by atoms with Crippen LogP contribution in [0.3, 0.4) is 0 Å². The van der Waals surface area contributed by atoms with Crippen LogP contribution in [-0.2, 0) is 0 Å². The predicted molar refractivity (Wildman–Crippen MR) is 98.0 cm³/mol. The van der Waals surface area contributed by atoms with Gasteiger partial charge in [0.15, 0.2) is 11.5 Å². The van der Waals surface area contributed by atoms with E-state index in [0.29, 0.717) is 35.3 Å². The summed E-state index contributed by atoms with van der Waals surface area (Å²) in [6.07, 6.45) is 1.75. The molecule has 0 bridgehead atoms. The molecule has 1 aromatic heterocycles. The van der Waals surface area contributed by atoms with Crippen LogP contribution in [0.15, 0.2) is 30.3 Å². The third-order valence-electron chi connectivity index (χ3n) is 4.12. The average Bonchev–Trinajstić information content (AvgIpc) is 3.25. The van der Waals surface area contributed by atoms with Gasteiger partial charge in [-0.3, -0.25) is 0 Å². The molecular weight excluding hydrogens is 330 g/mol. The molecule has 3 aromatic rings. The molecule has 0 atom stereocenters. The highest BCUT2D eigenvalue weighted by atomic mass is 16.7. The van der Waals surface area contributed by atoms with Crippen LogP contribution >= 0.6 is 0 Å². The molecule has 26 heavy (non-hydrogen) atoms. The topological polar surface area (TPSA) is 80.2 Å². The molecule has 1 aliphatic heterocycles. The monoisotopic (exact) mass is 347 g/mol. The first-order valence-electron chi connectivity index (χ1n) is 8.33. The second kappa shape index (κ2) is 6.45. The Balaban J connectivity index is 1.80. The summed E-state index contributed by atoms with van der Waals surface area (Å²) in [7, 11) is 0. The lowest BCUT2D eigenvalue weighted by Crippen LogP contribution is -1.95. The first-order chi connectivity index (χ1) is 12.7. The Hall–Kier alpha value is -3.46. The van der Waals surface area contributed by atoms with Gasteiger partial charge in [0.25, 0.3) is 0 Å². The van der Waals surface area contributed by atoms with E-state index in [4.69, 9.17) is 14.2 Å². The number of nitrogens with zero attached hydrogens (tertiary/aromatic N) is 2. The van der Waals surface area contributed by atoms with Crippen molar-refractivity contribution in [2.45, 2.75) is 13.8 Å². The number of hydrogen-bond donors (Lipinski definition) is 1. The quantitative estimate of drug-likeness (QED) is 0.720. The Labute approximate surface area is 150 Å². The van der Waals surface area contributed by atoms with Gasteiger partial charge in [-0.25, -0.2) is 4.98 Å². The minimum atomic E-state index is 0.183. The van der Waals surface area contributed by atoms with Gasteiger partial charge < -0.3 is 19.2 Å². The van der Waals surface area contributed by atoms with E-state index >= 15 is 0 Å². The predicted octanol–water partition coefficient (Wildman–Crippen LogP) is 4.06. The maximum atomic E-state index is 9.66. The maximum Gasteiger partial charge on any atom is 0.231 e. The van der Waals surface area contributed by atoms with E-state index in [-0.39, 0.29) is 6.79 Å². The fraction of sp³-hybridized carbons (Fsp3) is 0.200. The van der Waals surface area contributed by atoms with Crippen LogP contribution in [0.1, 0.15) is 23.9 Å². The number of nitrogens with one attached hydrogen (secondary N) is 1. The number of aromatic nitrogens is 2. The second-order valence-electron chi connectivity index (χ2n) is 5.95. The normalized spacial score (nSPS) is 13.0. The minimum Gasteiger partial charge on any atom is -0.493 e. The Morgan fingerprint density at radius 3 is 2.88 bits per heavy atom. The molecule has 2 heterocycles. The van der Waals surface area contributed by atoms with Gasteiger partial charge >= 0.3 is 0 Å². The number of rotatable bonds is 4. The van der Waals surface area contributed by atoms with Crippen LogP contribution in [0, 0.1) is 18.3 Å². The van der Waals surface area contributed by atoms with E-state index < -0.39 is 0 Å². The number of hydrogen-bond acceptors (Lipinski definition) is 5. The molecule has 130 valence electrons. The summed E-state index contributed by atoms with van der Waals surface area (Å²) in [6.45, 7) is 4.61. The summed E-state index contributed by atoms with van der Waals surface area (Å²) < 4.78 is 16.5. The zero-order valence-corrected chi connectivity index (χ0v) is 14.5. The van der Waals surface area contributed by atoms with E-state index in [9.17, 15) is 5.26 Å². The van der Waals surface area contributed by atoms with Gasteiger partial charge in [0.2, 0.25) is 6.79 Å². The fourth-order valence-electron chi connectivity index (χ4n) is 2.89. The molecule has 0 radical (unpaired) electrons. The van der Waals surface area contributed by atoms with Crippen LogP contribution in [0.5, 0.6) is 17.2 Å². The summed E-state index contributed by atoms with van der Waals surface area (Å²) in [5, 5.41) is 9.66. The van der Waals surface area contributed by atoms with Crippen molar-refractivity contribution in [2.24, 2.45) is 0 Å². The summed E-state index contributed by atoms with van der Waals surface area (Å²) in [5.74, 6) is 2.44. The number of benzene rings is 2. The van der Waals surface area contributed by atoms with E-state index in [1.54, 1.807) is 12.1 Å². The molecule has 0 spiro atoms. The fourth-order valence-corrected chi connectivity index (χ4v) is 2.89. The lowest BCUT2D eigenvalue weighted by Gasteiger charge is -2.09. The molecule has 0 fully saturated rings. The lowest BCUT2D eigenvalue weighted by atomic mass is 10.1. The molecule has 0 unspecified atom stereocenters. The second-order valence-corrected chi connectivity index (χ2v) is 5.95. The smallest absolute Gasteiger partial charge is 0.231 e. The third-order valence-corrected chi connectivity index (χ3v) is 4.12. The van der Waals surface area contributed by atoms with Gasteiger partial charge in [-0.15, -0.1) is 0 Å². The molecule has 1 N–H and O–H groups in total. The van der Waals surface area contributed by atoms with Gasteiger partial charge in [0.05, 0.1) is 23.2 Å². The van der Waals surface area contributed by atoms with E-state index in [1.807, 2.05) is 38.1 Å². The van der Waals surface area contributed by atoms with Crippen LogP contribution in [0.2, 0.25) is 0 Å². The Bertz CT molecular complexity index is 1060. The zero-order valence-electron chi connectivity index (χ0n) is 14.5. The van der Waals surface area contributed by atoms with Crippen molar-refractivity contribution in [3.05, 3.63) is 47.3 Å². The number of allylic oxidation sites excluding steroid dienone is 1. The molecule has 0 saturated heterocycles. The van der Waals surface area contributed by atoms with Crippen LogP contribution in [0.25, 0.3) is 22.7 Å². The molecular formula is C20H17N3O3. The van der Waals surface area contributed by atoms with Gasteiger partial charge in [-0.05, 0) is 43.7 Å². The van der Waals surface area contributed by atoms with E-state index in [0.717, 1.165) is 22.2 Å². The van der Waals surface area contributed by atoms with Crippen LogP contribution in [0.4, 0.5) is 0 Å². The van der Waals surface area contributed by atoms with Crippen molar-refractivity contribution in [3.8, 4) is 23.3 Å². The Morgan fingerprint density at radius 1 is 1.31 bits per heavy atom. The molecule has 2 aromatic carbocycles. The number of aryl methyl sites for hydroxylation is 1. The average molecular weight is 347 g/mol. The minimum absolute atomic E-state index is 0.183. The number of aromatic amines is 1. The molecule has 0 amide bonds. The van der Waals surface area contributed by atoms with Crippen LogP contribution < -0.4 is 14.2 Å². The SMILES string of the molecule is CCOc1cc2c(cc1C=C(C#N)c1nc3ccc(C)cc3[nH]1)OCO2. The number of fused-ring (bicyclic) bond motifs is 2. The van der Waals surface area contributed by atoms with Gasteiger partial charge in [-0.2, -0.15) is 5.26 Å². The van der Waals surface area contributed by atoms with Crippen LogP contribution in [-0.4, -0.2) is 23.4 Å². The summed E-state index contributed by atoms with van der Waals surface area (Å²) in [5.41, 5.74) is 4.01. The molecule has 6 nitrogen and oxygen atoms in total. The standard InChI is InChI=1S/C20H17N3O3/c1-3-24-17-9-19-18(25-11-26-19)8-13(17)7-14(10-21)20-22-15-5-4-12(2)6-16(15)23-20/h4-9H,3,11H2,1-2H3,(H,22,23). The zero-order chi connectivity index (χ0) is 18.1. The Morgan fingerprint density at radius 2 is 2.12 bits per heavy atom. The van der Waals surface area contributed by atoms with Gasteiger partial charge in [0, 0.05) is 11.6 Å². The lowest BCUT2D eigenvalue weighted by molar-refractivity contribution is 0.174. The molecule has 1 aliphatic rings. The van der Waals surface area contributed by atoms with E-state index in [2.05, 4.69) is 16.0 Å². The molecule has 0 saturated carbocycles. The molecule has 6 heteroatoms. The van der Waals surface area contributed by atoms with Crippen molar-refractivity contribution in [3.63, 3.8) is 0 Å². The highest BCUT2D eigenvalue weighted by Crippen LogP contribution is 2.39. The highest BCUT2D eigenvalue weighted by Gasteiger charge is 2.18. The van der Waals surface area contributed by atoms with Gasteiger partial charge in [-0.1, -0.05) is 6.07 Å². The first kappa shape index (κ1) is 16.0. The number of H-pyrrole nitrogens is 1. The van der Waals surface area contributed by atoms with Gasteiger partial charge in [0.1, 0.15) is 17.6 Å². The third kappa shape index (κ3) is 2.84. The highest BCUT2D eigenvalue weighted by molar-refractivity contribution is 5.91. The largest absolute Gasteiger partial charge is 0.493 e. The summed E-state index contributed by atoms with van der Waals surface area (Å²) in [4.78, 5) is 7.74. The molecule has 4 rings (SSSR count). The van der Waals surface area contributed by atoms with E-state index in [1.165, 1.54) is 0 Å². The van der Waals surface area contributed by atoms with Crippen molar-refractivity contribution in [2.75, 3.05) is 13.4 Å². The summed E-state index contributed by atoms with van der Waals surface area (Å²) >= 11 is 0.